The molecule has 1 nitrogen and oxygen atoms in total. The third-order valence-corrected chi connectivity index (χ3v) is 3.36. The van der Waals surface area contributed by atoms with Crippen LogP contribution in [0.4, 0.5) is 0 Å². The zero-order valence-electron chi connectivity index (χ0n) is 4.87. The lowest BCUT2D eigenvalue weighted by Crippen LogP contribution is -2.20. The molecule has 1 aliphatic rings. The van der Waals surface area contributed by atoms with Gasteiger partial charge in [-0.05, 0) is 0 Å². The van der Waals surface area contributed by atoms with Gasteiger partial charge in [0.25, 0.3) is 0 Å². The van der Waals surface area contributed by atoms with Crippen LogP contribution in [0.25, 0.3) is 0 Å². The summed E-state index contributed by atoms with van der Waals surface area (Å²) >= 11 is 12.7. The number of hydrogen-bond acceptors (Lipinski definition) is 1. The van der Waals surface area contributed by atoms with Crippen LogP contribution in [-0.4, -0.2) is 21.7 Å². The Labute approximate surface area is 76.3 Å². The van der Waals surface area contributed by atoms with Crippen LogP contribution in [0.2, 0.25) is 0 Å². The zero-order chi connectivity index (χ0) is 7.07. The van der Waals surface area contributed by atoms with Crippen molar-refractivity contribution in [3.8, 4) is 0 Å². The zero-order valence-corrected chi connectivity index (χ0v) is 8.79. The molecule has 0 amide bonds. The van der Waals surface area contributed by atoms with Crippen LogP contribution in [0.15, 0.2) is 11.2 Å². The van der Waals surface area contributed by atoms with Crippen molar-refractivity contribution in [3.05, 3.63) is 11.2 Å². The smallest absolute Gasteiger partial charge is 0.134 e. The first kappa shape index (κ1) is 7.89. The van der Waals surface area contributed by atoms with Crippen LogP contribution >= 0.6 is 43.5 Å². The molecular formula is C5H6Br2ClN. The number of nitrogens with zero attached hydrogens (tertiary/aromatic N) is 1. The summed E-state index contributed by atoms with van der Waals surface area (Å²) in [6.07, 6.45) is 1.89. The lowest BCUT2D eigenvalue weighted by atomic mass is 10.5. The average Bonchev–Trinajstić information content (AvgIpc) is 1.79. The van der Waals surface area contributed by atoms with Crippen LogP contribution in [-0.2, 0) is 0 Å². The van der Waals surface area contributed by atoms with Crippen LogP contribution < -0.4 is 0 Å². The molecule has 0 unspecified atom stereocenters. The molecule has 0 fully saturated rings. The first-order valence-electron chi connectivity index (χ1n) is 2.48. The maximum absolute atomic E-state index is 5.82. The normalized spacial score (nSPS) is 24.4. The number of alkyl halides is 2. The highest BCUT2D eigenvalue weighted by molar-refractivity contribution is 9.25. The summed E-state index contributed by atoms with van der Waals surface area (Å²) in [5.41, 5.74) is 0. The Kier molecular flexibility index (Phi) is 2.14. The second-order valence-corrected chi connectivity index (χ2v) is 6.28. The molecule has 1 heterocycles. The minimum Gasteiger partial charge on any atom is -0.377 e. The molecule has 9 heavy (non-hydrogen) atoms. The molecule has 0 aromatic rings. The molecule has 0 spiro atoms. The molecule has 4 heteroatoms. The van der Waals surface area contributed by atoms with Gasteiger partial charge in [0.05, 0.1) is 5.03 Å². The number of rotatable bonds is 0. The van der Waals surface area contributed by atoms with E-state index >= 15 is 0 Å². The Morgan fingerprint density at radius 3 is 2.44 bits per heavy atom. The largest absolute Gasteiger partial charge is 0.377 e. The molecule has 0 saturated heterocycles. The third kappa shape index (κ3) is 1.63. The van der Waals surface area contributed by atoms with E-state index in [0.29, 0.717) is 0 Å². The topological polar surface area (TPSA) is 3.24 Å². The Morgan fingerprint density at radius 1 is 1.78 bits per heavy atom. The molecule has 52 valence electrons. The van der Waals surface area contributed by atoms with Crippen LogP contribution in [0.1, 0.15) is 0 Å². The van der Waals surface area contributed by atoms with E-state index in [4.69, 9.17) is 11.6 Å². The molecule has 0 atom stereocenters. The first-order valence-corrected chi connectivity index (χ1v) is 4.44. The lowest BCUT2D eigenvalue weighted by Gasteiger charge is -2.14. The van der Waals surface area contributed by atoms with Gasteiger partial charge in [0.2, 0.25) is 0 Å². The van der Waals surface area contributed by atoms with Crippen molar-refractivity contribution in [1.82, 2.24) is 4.90 Å². The van der Waals surface area contributed by atoms with E-state index in [2.05, 4.69) is 31.9 Å². The van der Waals surface area contributed by atoms with Gasteiger partial charge in [0.1, 0.15) is 3.23 Å². The molecule has 1 rings (SSSR count). The molecular weight excluding hydrogens is 269 g/mol. The summed E-state index contributed by atoms with van der Waals surface area (Å²) in [5, 5.41) is 0.796. The molecule has 0 aromatic heterocycles. The van der Waals surface area contributed by atoms with Crippen molar-refractivity contribution in [3.63, 3.8) is 0 Å². The molecule has 1 aliphatic heterocycles. The highest BCUT2D eigenvalue weighted by Crippen LogP contribution is 2.41. The Hall–Kier alpha value is 0.790. The van der Waals surface area contributed by atoms with Gasteiger partial charge in [-0.1, -0.05) is 43.5 Å². The molecule has 0 N–H and O–H groups in total. The Balaban J connectivity index is 2.76. The summed E-state index contributed by atoms with van der Waals surface area (Å²) in [4.78, 5) is 2.02. The quantitative estimate of drug-likeness (QED) is 0.614. The van der Waals surface area contributed by atoms with Gasteiger partial charge in [-0.15, -0.1) is 0 Å². The van der Waals surface area contributed by atoms with Gasteiger partial charge in [-0.3, -0.25) is 0 Å². The fourth-order valence-electron chi connectivity index (χ4n) is 0.722. The molecule has 0 aromatic carbocycles. The summed E-state index contributed by atoms with van der Waals surface area (Å²) < 4.78 is -0.198. The monoisotopic (exact) mass is 273 g/mol. The van der Waals surface area contributed by atoms with Crippen molar-refractivity contribution >= 4 is 43.5 Å². The Bertz CT molecular complexity index is 155. The maximum atomic E-state index is 5.82. The van der Waals surface area contributed by atoms with E-state index < -0.39 is 0 Å². The van der Waals surface area contributed by atoms with Crippen LogP contribution in [0.3, 0.4) is 0 Å². The van der Waals surface area contributed by atoms with Crippen molar-refractivity contribution in [2.75, 3.05) is 13.6 Å². The van der Waals surface area contributed by atoms with Crippen molar-refractivity contribution in [1.29, 1.82) is 0 Å². The van der Waals surface area contributed by atoms with E-state index in [1.54, 1.807) is 0 Å². The van der Waals surface area contributed by atoms with Crippen molar-refractivity contribution in [2.24, 2.45) is 0 Å². The second kappa shape index (κ2) is 2.44. The van der Waals surface area contributed by atoms with Crippen LogP contribution in [0.5, 0.6) is 0 Å². The second-order valence-electron chi connectivity index (χ2n) is 2.10. The van der Waals surface area contributed by atoms with Crippen LogP contribution in [0, 0.1) is 0 Å². The molecule has 0 saturated carbocycles. The van der Waals surface area contributed by atoms with E-state index in [0.717, 1.165) is 11.6 Å². The van der Waals surface area contributed by atoms with Crippen molar-refractivity contribution < 1.29 is 0 Å². The van der Waals surface area contributed by atoms with Crippen molar-refractivity contribution in [2.45, 2.75) is 3.23 Å². The maximum Gasteiger partial charge on any atom is 0.134 e. The van der Waals surface area contributed by atoms with E-state index in [-0.39, 0.29) is 3.23 Å². The predicted molar refractivity (Wildman–Crippen MR) is 47.2 cm³/mol. The summed E-state index contributed by atoms with van der Waals surface area (Å²) in [6, 6.07) is 0. The third-order valence-electron chi connectivity index (χ3n) is 1.13. The highest BCUT2D eigenvalue weighted by atomic mass is 79.9. The number of hydrogen-bond donors (Lipinski definition) is 0. The highest BCUT2D eigenvalue weighted by Gasteiger charge is 2.33. The fourth-order valence-corrected chi connectivity index (χ4v) is 1.94. The van der Waals surface area contributed by atoms with E-state index in [1.165, 1.54) is 0 Å². The van der Waals surface area contributed by atoms with Gasteiger partial charge < -0.3 is 4.90 Å². The summed E-state index contributed by atoms with van der Waals surface area (Å²) in [6.45, 7) is 0.867. The predicted octanol–water partition coefficient (Wildman–Crippen LogP) is 2.50. The first-order chi connectivity index (χ1) is 4.02. The van der Waals surface area contributed by atoms with E-state index in [9.17, 15) is 0 Å². The van der Waals surface area contributed by atoms with Gasteiger partial charge in [-0.2, -0.15) is 0 Å². The van der Waals surface area contributed by atoms with E-state index in [1.807, 2.05) is 18.1 Å². The summed E-state index contributed by atoms with van der Waals surface area (Å²) in [5.74, 6) is 0. The van der Waals surface area contributed by atoms with Gasteiger partial charge >= 0.3 is 0 Å². The fraction of sp³-hybridized carbons (Fsp3) is 0.600. The minimum absolute atomic E-state index is 0.198. The summed E-state index contributed by atoms with van der Waals surface area (Å²) in [7, 11) is 1.98. The molecule has 0 aliphatic carbocycles. The van der Waals surface area contributed by atoms with Gasteiger partial charge in [0.15, 0.2) is 0 Å². The van der Waals surface area contributed by atoms with Gasteiger partial charge in [0, 0.05) is 19.8 Å². The molecule has 0 bridgehead atoms. The Morgan fingerprint density at radius 2 is 2.33 bits per heavy atom. The minimum atomic E-state index is -0.198. The molecule has 0 radical (unpaired) electrons. The number of halogens is 3. The standard InChI is InChI=1S/C5H6Br2ClN/c1-9-2-4(8)5(6,7)3-9/h2H,3H2,1H3. The lowest BCUT2D eigenvalue weighted by molar-refractivity contribution is 0.496. The van der Waals surface area contributed by atoms with Gasteiger partial charge in [-0.25, -0.2) is 0 Å². The average molecular weight is 275 g/mol. The SMILES string of the molecule is CN1C=C(Cl)C(Br)(Br)C1.